The van der Waals surface area contributed by atoms with Crippen LogP contribution in [0.15, 0.2) is 43.5 Å². The molecule has 1 N–H and O–H groups in total. The average Bonchev–Trinajstić information content (AvgIpc) is 2.27. The summed E-state index contributed by atoms with van der Waals surface area (Å²) >= 11 is 0. The van der Waals surface area contributed by atoms with Crippen LogP contribution < -0.4 is 0 Å². The van der Waals surface area contributed by atoms with Gasteiger partial charge in [0.2, 0.25) is 0 Å². The summed E-state index contributed by atoms with van der Waals surface area (Å²) in [5, 5.41) is 9.78. The second-order valence-corrected chi connectivity index (χ2v) is 3.24. The smallest absolute Gasteiger partial charge is 0.0793 e. The van der Waals surface area contributed by atoms with Crippen LogP contribution in [0.3, 0.4) is 0 Å². The van der Waals surface area contributed by atoms with Crippen LogP contribution in [-0.2, 0) is 0 Å². The molecule has 0 amide bonds. The lowest BCUT2D eigenvalue weighted by molar-refractivity contribution is 0.173. The fourth-order valence-electron chi connectivity index (χ4n) is 1.41. The molecule has 0 bridgehead atoms. The number of hydrogen-bond donors (Lipinski definition) is 1. The molecule has 0 aliphatic heterocycles. The van der Waals surface area contributed by atoms with Gasteiger partial charge in [-0.05, 0) is 23.1 Å². The highest BCUT2D eigenvalue weighted by Gasteiger charge is 2.10. The summed E-state index contributed by atoms with van der Waals surface area (Å²) < 4.78 is 0. The molecule has 0 aliphatic carbocycles. The van der Waals surface area contributed by atoms with Crippen molar-refractivity contribution in [2.45, 2.75) is 19.4 Å². The van der Waals surface area contributed by atoms with Crippen molar-refractivity contribution in [3.63, 3.8) is 0 Å². The number of aliphatic hydroxyl groups excluding tert-OH is 1. The third-order valence-electron chi connectivity index (χ3n) is 2.30. The van der Waals surface area contributed by atoms with E-state index in [1.54, 1.807) is 6.08 Å². The fraction of sp³-hybridized carbons (Fsp3) is 0.231. The van der Waals surface area contributed by atoms with Crippen molar-refractivity contribution < 1.29 is 5.11 Å². The molecule has 0 fully saturated rings. The molecule has 14 heavy (non-hydrogen) atoms. The molecular weight excluding hydrogens is 172 g/mol. The Balaban J connectivity index is 3.15. The Labute approximate surface area is 85.4 Å². The van der Waals surface area contributed by atoms with Crippen molar-refractivity contribution in [1.82, 2.24) is 0 Å². The Morgan fingerprint density at radius 2 is 2.14 bits per heavy atom. The summed E-state index contributed by atoms with van der Waals surface area (Å²) in [7, 11) is 0. The minimum absolute atomic E-state index is 0.414. The van der Waals surface area contributed by atoms with Crippen molar-refractivity contribution in [2.24, 2.45) is 0 Å². The van der Waals surface area contributed by atoms with Crippen LogP contribution in [0.1, 0.15) is 30.6 Å². The maximum atomic E-state index is 9.78. The number of aliphatic hydroxyl groups is 1. The first-order valence-corrected chi connectivity index (χ1v) is 4.79. The predicted molar refractivity (Wildman–Crippen MR) is 60.9 cm³/mol. The minimum atomic E-state index is -0.414. The van der Waals surface area contributed by atoms with Gasteiger partial charge in [-0.1, -0.05) is 50.4 Å². The largest absolute Gasteiger partial charge is 0.388 e. The lowest BCUT2D eigenvalue weighted by Crippen LogP contribution is -1.99. The molecule has 0 unspecified atom stereocenters. The molecule has 1 heteroatoms. The quantitative estimate of drug-likeness (QED) is 0.718. The van der Waals surface area contributed by atoms with Gasteiger partial charge in [0, 0.05) is 0 Å². The van der Waals surface area contributed by atoms with Crippen LogP contribution >= 0.6 is 0 Å². The molecule has 0 aromatic heterocycles. The van der Waals surface area contributed by atoms with Gasteiger partial charge in [0.1, 0.15) is 0 Å². The van der Waals surface area contributed by atoms with E-state index in [1.807, 2.05) is 31.2 Å². The number of rotatable bonds is 4. The van der Waals surface area contributed by atoms with Gasteiger partial charge in [-0.15, -0.1) is 0 Å². The molecule has 1 aromatic carbocycles. The first kappa shape index (κ1) is 10.7. The Morgan fingerprint density at radius 1 is 1.50 bits per heavy atom. The lowest BCUT2D eigenvalue weighted by atomic mass is 9.96. The number of hydrogen-bond acceptors (Lipinski definition) is 1. The fourth-order valence-corrected chi connectivity index (χ4v) is 1.41. The van der Waals surface area contributed by atoms with Gasteiger partial charge in [-0.2, -0.15) is 0 Å². The number of benzene rings is 1. The molecule has 74 valence electrons. The standard InChI is InChI=1S/C13H16O/c1-4-10(3)11-8-6-7-9-12(11)13(14)5-2/h4,6-9,13-14H,1,3,5H2,2H3/t13-/m0/s1. The summed E-state index contributed by atoms with van der Waals surface area (Å²) in [6, 6.07) is 7.75. The third kappa shape index (κ3) is 2.12. The van der Waals surface area contributed by atoms with E-state index in [4.69, 9.17) is 0 Å². The van der Waals surface area contributed by atoms with Crippen molar-refractivity contribution in [3.8, 4) is 0 Å². The Bertz CT molecular complexity index is 339. The van der Waals surface area contributed by atoms with Crippen molar-refractivity contribution in [1.29, 1.82) is 0 Å². The van der Waals surface area contributed by atoms with Gasteiger partial charge in [0.25, 0.3) is 0 Å². The van der Waals surface area contributed by atoms with Crippen LogP contribution in [-0.4, -0.2) is 5.11 Å². The average molecular weight is 188 g/mol. The molecule has 1 aromatic rings. The molecule has 0 aliphatic rings. The van der Waals surface area contributed by atoms with Gasteiger partial charge in [0.15, 0.2) is 0 Å². The van der Waals surface area contributed by atoms with Crippen molar-refractivity contribution in [2.75, 3.05) is 0 Å². The molecule has 0 saturated heterocycles. The normalized spacial score (nSPS) is 12.1. The first-order chi connectivity index (χ1) is 6.70. The van der Waals surface area contributed by atoms with E-state index in [2.05, 4.69) is 13.2 Å². The van der Waals surface area contributed by atoms with Gasteiger partial charge in [-0.3, -0.25) is 0 Å². The summed E-state index contributed by atoms with van der Waals surface area (Å²) in [5.41, 5.74) is 2.77. The summed E-state index contributed by atoms with van der Waals surface area (Å²) in [6.45, 7) is 9.53. The van der Waals surface area contributed by atoms with E-state index < -0.39 is 6.10 Å². The maximum absolute atomic E-state index is 9.78. The predicted octanol–water partition coefficient (Wildman–Crippen LogP) is 3.33. The Morgan fingerprint density at radius 3 is 2.71 bits per heavy atom. The second kappa shape index (κ2) is 4.77. The zero-order valence-electron chi connectivity index (χ0n) is 8.53. The van der Waals surface area contributed by atoms with Gasteiger partial charge in [0.05, 0.1) is 6.10 Å². The SMILES string of the molecule is C=CC(=C)c1ccccc1[C@@H](O)CC. The van der Waals surface area contributed by atoms with E-state index in [9.17, 15) is 5.11 Å². The van der Waals surface area contributed by atoms with Crippen LogP contribution in [0.2, 0.25) is 0 Å². The van der Waals surface area contributed by atoms with Gasteiger partial charge in [-0.25, -0.2) is 0 Å². The van der Waals surface area contributed by atoms with E-state index in [0.29, 0.717) is 6.42 Å². The first-order valence-electron chi connectivity index (χ1n) is 4.79. The third-order valence-corrected chi connectivity index (χ3v) is 2.30. The Kier molecular flexibility index (Phi) is 3.66. The molecule has 0 heterocycles. The Hall–Kier alpha value is -1.34. The molecular formula is C13H16O. The molecule has 0 spiro atoms. The molecule has 0 saturated carbocycles. The van der Waals surface area contributed by atoms with E-state index in [0.717, 1.165) is 16.7 Å². The van der Waals surface area contributed by atoms with E-state index in [1.165, 1.54) is 0 Å². The number of allylic oxidation sites excluding steroid dienone is 2. The highest BCUT2D eigenvalue weighted by Crippen LogP contribution is 2.25. The molecule has 0 radical (unpaired) electrons. The zero-order chi connectivity index (χ0) is 10.6. The van der Waals surface area contributed by atoms with Crippen molar-refractivity contribution in [3.05, 3.63) is 54.6 Å². The van der Waals surface area contributed by atoms with Crippen LogP contribution in [0.4, 0.5) is 0 Å². The zero-order valence-corrected chi connectivity index (χ0v) is 8.53. The molecule has 1 nitrogen and oxygen atoms in total. The maximum Gasteiger partial charge on any atom is 0.0793 e. The molecule has 1 atom stereocenters. The second-order valence-electron chi connectivity index (χ2n) is 3.24. The molecule has 1 rings (SSSR count). The monoisotopic (exact) mass is 188 g/mol. The minimum Gasteiger partial charge on any atom is -0.388 e. The van der Waals surface area contributed by atoms with E-state index in [-0.39, 0.29) is 0 Å². The van der Waals surface area contributed by atoms with Crippen LogP contribution in [0, 0.1) is 0 Å². The highest BCUT2D eigenvalue weighted by atomic mass is 16.3. The lowest BCUT2D eigenvalue weighted by Gasteiger charge is -2.13. The van der Waals surface area contributed by atoms with Gasteiger partial charge < -0.3 is 5.11 Å². The van der Waals surface area contributed by atoms with Crippen molar-refractivity contribution >= 4 is 5.57 Å². The topological polar surface area (TPSA) is 20.2 Å². The summed E-state index contributed by atoms with van der Waals surface area (Å²) in [5.74, 6) is 0. The van der Waals surface area contributed by atoms with Crippen LogP contribution in [0.25, 0.3) is 5.57 Å². The van der Waals surface area contributed by atoms with Crippen LogP contribution in [0.5, 0.6) is 0 Å². The summed E-state index contributed by atoms with van der Waals surface area (Å²) in [6.07, 6.45) is 2.01. The van der Waals surface area contributed by atoms with Gasteiger partial charge >= 0.3 is 0 Å². The summed E-state index contributed by atoms with van der Waals surface area (Å²) in [4.78, 5) is 0. The highest BCUT2D eigenvalue weighted by molar-refractivity contribution is 5.73. The van der Waals surface area contributed by atoms with E-state index >= 15 is 0 Å².